The van der Waals surface area contributed by atoms with Crippen molar-refractivity contribution < 1.29 is 29.0 Å². The van der Waals surface area contributed by atoms with Crippen molar-refractivity contribution in [1.29, 1.82) is 0 Å². The Labute approximate surface area is 187 Å². The van der Waals surface area contributed by atoms with Gasteiger partial charge in [-0.15, -0.1) is 0 Å². The van der Waals surface area contributed by atoms with Crippen LogP contribution < -0.4 is 10.1 Å². The Kier molecular flexibility index (Phi) is 9.87. The lowest BCUT2D eigenvalue weighted by atomic mass is 10.0. The van der Waals surface area contributed by atoms with Crippen LogP contribution in [0.5, 0.6) is 5.75 Å². The zero-order valence-electron chi connectivity index (χ0n) is 18.2. The van der Waals surface area contributed by atoms with Gasteiger partial charge in [-0.3, -0.25) is 9.59 Å². The first-order valence-corrected chi connectivity index (χ1v) is 10.2. The van der Waals surface area contributed by atoms with E-state index in [1.165, 1.54) is 6.07 Å². The topological polar surface area (TPSA) is 102 Å². The van der Waals surface area contributed by atoms with Gasteiger partial charge >= 0.3 is 5.97 Å². The van der Waals surface area contributed by atoms with Gasteiger partial charge in [0.05, 0.1) is 11.3 Å². The van der Waals surface area contributed by atoms with Crippen molar-refractivity contribution in [2.24, 2.45) is 0 Å². The van der Waals surface area contributed by atoms with E-state index in [1.807, 2.05) is 37.3 Å². The number of carboxylic acid groups (broad SMARTS) is 1. The Morgan fingerprint density at radius 1 is 1.03 bits per heavy atom. The molecule has 168 valence electrons. The fourth-order valence-electron chi connectivity index (χ4n) is 2.90. The van der Waals surface area contributed by atoms with E-state index < -0.39 is 5.97 Å². The van der Waals surface area contributed by atoms with Crippen LogP contribution in [0.1, 0.15) is 29.3 Å². The summed E-state index contributed by atoms with van der Waals surface area (Å²) >= 11 is 0. The van der Waals surface area contributed by atoms with Gasteiger partial charge in [-0.05, 0) is 53.9 Å². The fourth-order valence-corrected chi connectivity index (χ4v) is 2.90. The van der Waals surface area contributed by atoms with Crippen molar-refractivity contribution in [2.45, 2.75) is 19.8 Å². The summed E-state index contributed by atoms with van der Waals surface area (Å²) in [5, 5.41) is 13.8. The number of hydrogen-bond acceptors (Lipinski definition) is 5. The van der Waals surface area contributed by atoms with E-state index in [2.05, 4.69) is 10.1 Å². The molecule has 32 heavy (non-hydrogen) atoms. The highest BCUT2D eigenvalue weighted by Crippen LogP contribution is 2.23. The molecule has 3 rings (SSSR count). The van der Waals surface area contributed by atoms with Crippen LogP contribution in [0.3, 0.4) is 0 Å². The standard InChI is InChI=1S/C22H19NO5.C3H8O/c24-11-12-28-18-9-8-16-13-15(5-7-17(16)14-18)6-10-21(25)23-20-4-2-1-3-19(20)22(26)27;1-3-4-2/h1-5,7-9,11,13-14H,6,10,12H2,(H,23,25)(H,26,27);3H2,1-2H3. The summed E-state index contributed by atoms with van der Waals surface area (Å²) in [5.74, 6) is -0.697. The van der Waals surface area contributed by atoms with Crippen LogP contribution in [-0.4, -0.2) is 43.6 Å². The van der Waals surface area contributed by atoms with E-state index >= 15 is 0 Å². The smallest absolute Gasteiger partial charge is 0.337 e. The molecule has 0 aromatic heterocycles. The number of amides is 1. The van der Waals surface area contributed by atoms with E-state index in [-0.39, 0.29) is 24.5 Å². The van der Waals surface area contributed by atoms with Crippen LogP contribution >= 0.6 is 0 Å². The van der Waals surface area contributed by atoms with Gasteiger partial charge in [0.2, 0.25) is 5.91 Å². The first kappa shape index (κ1) is 24.6. The predicted molar refractivity (Wildman–Crippen MR) is 123 cm³/mol. The third-order valence-corrected chi connectivity index (χ3v) is 4.56. The maximum Gasteiger partial charge on any atom is 0.337 e. The van der Waals surface area contributed by atoms with Gasteiger partial charge in [0.15, 0.2) is 6.29 Å². The molecule has 0 bridgehead atoms. The molecule has 0 aliphatic rings. The summed E-state index contributed by atoms with van der Waals surface area (Å²) in [6.07, 6.45) is 1.47. The lowest BCUT2D eigenvalue weighted by molar-refractivity contribution is -0.116. The van der Waals surface area contributed by atoms with E-state index in [0.29, 0.717) is 24.1 Å². The van der Waals surface area contributed by atoms with Gasteiger partial charge in [0.1, 0.15) is 12.4 Å². The van der Waals surface area contributed by atoms with E-state index in [1.54, 1.807) is 31.4 Å². The summed E-state index contributed by atoms with van der Waals surface area (Å²) in [7, 11) is 1.68. The number of para-hydroxylation sites is 1. The third-order valence-electron chi connectivity index (χ3n) is 4.56. The number of methoxy groups -OCH3 is 1. The minimum Gasteiger partial charge on any atom is -0.486 e. The minimum atomic E-state index is -1.08. The number of anilines is 1. The number of aryl methyl sites for hydroxylation is 1. The monoisotopic (exact) mass is 437 g/mol. The summed E-state index contributed by atoms with van der Waals surface area (Å²) in [6, 6.07) is 17.8. The summed E-state index contributed by atoms with van der Waals surface area (Å²) in [4.78, 5) is 33.8. The quantitative estimate of drug-likeness (QED) is 0.483. The molecule has 3 aromatic carbocycles. The van der Waals surface area contributed by atoms with Crippen molar-refractivity contribution in [1.82, 2.24) is 0 Å². The second kappa shape index (κ2) is 12.9. The number of nitrogens with one attached hydrogen (secondary N) is 1. The highest BCUT2D eigenvalue weighted by molar-refractivity contribution is 6.00. The first-order valence-electron chi connectivity index (χ1n) is 10.2. The van der Waals surface area contributed by atoms with Crippen molar-refractivity contribution in [3.63, 3.8) is 0 Å². The van der Waals surface area contributed by atoms with Crippen molar-refractivity contribution in [3.8, 4) is 5.75 Å². The molecule has 0 fully saturated rings. The summed E-state index contributed by atoms with van der Waals surface area (Å²) in [6.45, 7) is 2.80. The van der Waals surface area contributed by atoms with Crippen LogP contribution in [-0.2, 0) is 20.7 Å². The third kappa shape index (κ3) is 7.52. The number of ether oxygens (including phenoxy) is 2. The molecule has 3 aromatic rings. The zero-order valence-corrected chi connectivity index (χ0v) is 18.2. The van der Waals surface area contributed by atoms with Gasteiger partial charge in [0, 0.05) is 20.1 Å². The second-order valence-corrected chi connectivity index (χ2v) is 6.80. The van der Waals surface area contributed by atoms with E-state index in [4.69, 9.17) is 4.74 Å². The maximum absolute atomic E-state index is 12.2. The lowest BCUT2D eigenvalue weighted by Crippen LogP contribution is -2.15. The second-order valence-electron chi connectivity index (χ2n) is 6.80. The molecule has 7 nitrogen and oxygen atoms in total. The number of carbonyl (C=O) groups excluding carboxylic acids is 2. The minimum absolute atomic E-state index is 0.0176. The van der Waals surface area contributed by atoms with Crippen molar-refractivity contribution in [2.75, 3.05) is 25.6 Å². The molecule has 0 saturated heterocycles. The SMILES string of the molecule is CCOC.O=CCOc1ccc2cc(CCC(=O)Nc3ccccc3C(=O)O)ccc2c1. The van der Waals surface area contributed by atoms with E-state index in [9.17, 15) is 19.5 Å². The molecule has 2 N–H and O–H groups in total. The largest absolute Gasteiger partial charge is 0.486 e. The van der Waals surface area contributed by atoms with Crippen molar-refractivity contribution in [3.05, 3.63) is 71.8 Å². The van der Waals surface area contributed by atoms with E-state index in [0.717, 1.165) is 22.9 Å². The van der Waals surface area contributed by atoms with Crippen molar-refractivity contribution >= 4 is 34.6 Å². The average molecular weight is 437 g/mol. The Bertz CT molecular complexity index is 1060. The fraction of sp³-hybridized carbons (Fsp3) is 0.240. The van der Waals surface area contributed by atoms with Gasteiger partial charge in [-0.1, -0.05) is 36.4 Å². The van der Waals surface area contributed by atoms with Gasteiger partial charge in [-0.2, -0.15) is 0 Å². The van der Waals surface area contributed by atoms with Gasteiger partial charge < -0.3 is 19.9 Å². The Balaban J connectivity index is 0.000000837. The molecular formula is C25H27NO6. The number of hydrogen-bond donors (Lipinski definition) is 2. The van der Waals surface area contributed by atoms with Crippen LogP contribution in [0.15, 0.2) is 60.7 Å². The average Bonchev–Trinajstić information content (AvgIpc) is 2.81. The zero-order chi connectivity index (χ0) is 23.3. The van der Waals surface area contributed by atoms with Crippen LogP contribution in [0, 0.1) is 0 Å². The highest BCUT2D eigenvalue weighted by atomic mass is 16.5. The first-order chi connectivity index (χ1) is 15.5. The summed E-state index contributed by atoms with van der Waals surface area (Å²) < 4.78 is 9.83. The van der Waals surface area contributed by atoms with Crippen LogP contribution in [0.25, 0.3) is 10.8 Å². The molecule has 1 amide bonds. The van der Waals surface area contributed by atoms with Gasteiger partial charge in [0.25, 0.3) is 0 Å². The molecule has 0 atom stereocenters. The van der Waals surface area contributed by atoms with Crippen LogP contribution in [0.4, 0.5) is 5.69 Å². The molecule has 7 heteroatoms. The predicted octanol–water partition coefficient (Wildman–Crippen LogP) is 4.34. The summed E-state index contributed by atoms with van der Waals surface area (Å²) in [5.41, 5.74) is 1.35. The maximum atomic E-state index is 12.2. The number of aromatic carboxylic acids is 1. The molecule has 0 aliphatic carbocycles. The number of benzene rings is 3. The lowest BCUT2D eigenvalue weighted by Gasteiger charge is -2.09. The Morgan fingerprint density at radius 2 is 1.72 bits per heavy atom. The molecule has 0 aliphatic heterocycles. The number of rotatable bonds is 9. The normalized spacial score (nSPS) is 10.1. The molecule has 0 spiro atoms. The van der Waals surface area contributed by atoms with Gasteiger partial charge in [-0.25, -0.2) is 4.79 Å². The van der Waals surface area contributed by atoms with Crippen LogP contribution in [0.2, 0.25) is 0 Å². The highest BCUT2D eigenvalue weighted by Gasteiger charge is 2.11. The molecule has 0 saturated carbocycles. The number of carbonyl (C=O) groups is 3. The Hall–Kier alpha value is -3.71. The Morgan fingerprint density at radius 3 is 2.41 bits per heavy atom. The number of carboxylic acids is 1. The number of aldehydes is 1. The molecule has 0 unspecified atom stereocenters. The molecule has 0 radical (unpaired) electrons. The number of fused-ring (bicyclic) bond motifs is 1. The molecule has 0 heterocycles. The molecular weight excluding hydrogens is 410 g/mol.